The summed E-state index contributed by atoms with van der Waals surface area (Å²) in [5, 5.41) is 7.54. The highest BCUT2D eigenvalue weighted by Gasteiger charge is 2.25. The molecular formula is C20H30IN5O3. The van der Waals surface area contributed by atoms with Crippen molar-refractivity contribution in [1.29, 1.82) is 0 Å². The molecule has 0 spiro atoms. The molecule has 0 aromatic carbocycles. The normalized spacial score (nSPS) is 14.8. The third kappa shape index (κ3) is 5.74. The van der Waals surface area contributed by atoms with Gasteiger partial charge in [0.1, 0.15) is 0 Å². The molecule has 160 valence electrons. The number of furan rings is 1. The SMILES string of the molecule is CCC(CC)c1cc(CNC(=NC)N2CCN(C(=O)c3ccco3)CC2)on1.I. The summed E-state index contributed by atoms with van der Waals surface area (Å²) in [5.41, 5.74) is 1.02. The van der Waals surface area contributed by atoms with Gasteiger partial charge in [-0.1, -0.05) is 19.0 Å². The molecule has 2 aromatic rings. The van der Waals surface area contributed by atoms with Gasteiger partial charge in [-0.05, 0) is 25.0 Å². The van der Waals surface area contributed by atoms with Crippen molar-refractivity contribution in [2.75, 3.05) is 33.2 Å². The van der Waals surface area contributed by atoms with Crippen molar-refractivity contribution in [3.05, 3.63) is 41.7 Å². The first-order chi connectivity index (χ1) is 13.7. The fraction of sp³-hybridized carbons (Fsp3) is 0.550. The lowest BCUT2D eigenvalue weighted by Crippen LogP contribution is -2.53. The van der Waals surface area contributed by atoms with Crippen LogP contribution in [0.15, 0.2) is 38.4 Å². The van der Waals surface area contributed by atoms with E-state index in [9.17, 15) is 4.79 Å². The van der Waals surface area contributed by atoms with E-state index in [1.807, 2.05) is 6.07 Å². The molecule has 1 aliphatic rings. The predicted octanol–water partition coefficient (Wildman–Crippen LogP) is 3.32. The maximum absolute atomic E-state index is 12.4. The van der Waals surface area contributed by atoms with Gasteiger partial charge in [0.15, 0.2) is 17.5 Å². The van der Waals surface area contributed by atoms with Gasteiger partial charge < -0.3 is 24.1 Å². The smallest absolute Gasteiger partial charge is 0.289 e. The summed E-state index contributed by atoms with van der Waals surface area (Å²) in [4.78, 5) is 20.7. The van der Waals surface area contributed by atoms with Crippen molar-refractivity contribution in [2.24, 2.45) is 4.99 Å². The number of nitrogens with one attached hydrogen (secondary N) is 1. The van der Waals surface area contributed by atoms with Crippen molar-refractivity contribution in [3.63, 3.8) is 0 Å². The molecule has 1 saturated heterocycles. The van der Waals surface area contributed by atoms with Crippen LogP contribution in [0, 0.1) is 0 Å². The van der Waals surface area contributed by atoms with Crippen molar-refractivity contribution < 1.29 is 13.7 Å². The maximum Gasteiger partial charge on any atom is 0.289 e. The molecule has 8 nitrogen and oxygen atoms in total. The van der Waals surface area contributed by atoms with E-state index in [-0.39, 0.29) is 29.9 Å². The number of hydrogen-bond acceptors (Lipinski definition) is 5. The first kappa shape index (κ1) is 23.2. The molecular weight excluding hydrogens is 485 g/mol. The van der Waals surface area contributed by atoms with Gasteiger partial charge in [0.05, 0.1) is 18.5 Å². The Labute approximate surface area is 188 Å². The van der Waals surface area contributed by atoms with E-state index in [0.717, 1.165) is 30.3 Å². The lowest BCUT2D eigenvalue weighted by atomic mass is 9.99. The van der Waals surface area contributed by atoms with Gasteiger partial charge in [0, 0.05) is 45.2 Å². The highest BCUT2D eigenvalue weighted by Crippen LogP contribution is 2.22. The number of halogens is 1. The molecule has 0 atom stereocenters. The molecule has 2 aromatic heterocycles. The van der Waals surface area contributed by atoms with E-state index in [4.69, 9.17) is 8.94 Å². The van der Waals surface area contributed by atoms with Crippen molar-refractivity contribution in [3.8, 4) is 0 Å². The standard InChI is InChI=1S/C20H29N5O3.HI/c1-4-15(5-2)17-13-16(28-23-17)14-22-20(21-3)25-10-8-24(9-11-25)19(26)18-7-6-12-27-18;/h6-7,12-13,15H,4-5,8-11,14H2,1-3H3,(H,21,22);1H. The van der Waals surface area contributed by atoms with Crippen LogP contribution in [0.25, 0.3) is 0 Å². The number of rotatable bonds is 6. The molecule has 9 heteroatoms. The van der Waals surface area contributed by atoms with Crippen molar-refractivity contribution in [2.45, 2.75) is 39.2 Å². The molecule has 0 saturated carbocycles. The van der Waals surface area contributed by atoms with E-state index in [0.29, 0.717) is 44.4 Å². The Morgan fingerprint density at radius 3 is 2.52 bits per heavy atom. The average Bonchev–Trinajstić information content (AvgIpc) is 3.42. The third-order valence-electron chi connectivity index (χ3n) is 5.21. The Morgan fingerprint density at radius 2 is 1.93 bits per heavy atom. The summed E-state index contributed by atoms with van der Waals surface area (Å²) in [6.07, 6.45) is 3.63. The monoisotopic (exact) mass is 515 g/mol. The van der Waals surface area contributed by atoms with Crippen LogP contribution in [0.3, 0.4) is 0 Å². The molecule has 3 rings (SSSR count). The highest BCUT2D eigenvalue weighted by molar-refractivity contribution is 14.0. The van der Waals surface area contributed by atoms with Gasteiger partial charge in [0.2, 0.25) is 0 Å². The van der Waals surface area contributed by atoms with E-state index in [1.165, 1.54) is 6.26 Å². The van der Waals surface area contributed by atoms with Gasteiger partial charge in [-0.15, -0.1) is 24.0 Å². The van der Waals surface area contributed by atoms with E-state index in [1.54, 1.807) is 24.1 Å². The van der Waals surface area contributed by atoms with Gasteiger partial charge in [-0.25, -0.2) is 0 Å². The molecule has 1 N–H and O–H groups in total. The fourth-order valence-electron chi connectivity index (χ4n) is 3.49. The molecule has 0 aliphatic carbocycles. The summed E-state index contributed by atoms with van der Waals surface area (Å²) in [6, 6.07) is 5.45. The largest absolute Gasteiger partial charge is 0.459 e. The van der Waals surface area contributed by atoms with Crippen molar-refractivity contribution >= 4 is 35.8 Å². The van der Waals surface area contributed by atoms with Crippen LogP contribution in [0.2, 0.25) is 0 Å². The van der Waals surface area contributed by atoms with Crippen LogP contribution in [-0.2, 0) is 6.54 Å². The number of aromatic nitrogens is 1. The highest BCUT2D eigenvalue weighted by atomic mass is 127. The van der Waals surface area contributed by atoms with Gasteiger partial charge in [-0.2, -0.15) is 0 Å². The van der Waals surface area contributed by atoms with Crippen LogP contribution < -0.4 is 5.32 Å². The Kier molecular flexibility index (Phi) is 8.99. The number of hydrogen-bond donors (Lipinski definition) is 1. The summed E-state index contributed by atoms with van der Waals surface area (Å²) in [7, 11) is 1.76. The summed E-state index contributed by atoms with van der Waals surface area (Å²) < 4.78 is 10.7. The second-order valence-electron chi connectivity index (χ2n) is 6.89. The first-order valence-electron chi connectivity index (χ1n) is 9.90. The molecule has 1 amide bonds. The van der Waals surface area contributed by atoms with E-state index >= 15 is 0 Å². The number of aliphatic imine (C=N–C) groups is 1. The van der Waals surface area contributed by atoms with Crippen LogP contribution in [0.1, 0.15) is 54.6 Å². The molecule has 1 fully saturated rings. The van der Waals surface area contributed by atoms with Crippen LogP contribution in [0.4, 0.5) is 0 Å². The number of amides is 1. The second-order valence-corrected chi connectivity index (χ2v) is 6.89. The maximum atomic E-state index is 12.4. The average molecular weight is 515 g/mol. The third-order valence-corrected chi connectivity index (χ3v) is 5.21. The van der Waals surface area contributed by atoms with Crippen LogP contribution >= 0.6 is 24.0 Å². The number of piperazine rings is 1. The number of carbonyl (C=O) groups is 1. The van der Waals surface area contributed by atoms with E-state index in [2.05, 4.69) is 34.2 Å². The molecule has 0 radical (unpaired) electrons. The Morgan fingerprint density at radius 1 is 1.24 bits per heavy atom. The van der Waals surface area contributed by atoms with Gasteiger partial charge in [0.25, 0.3) is 5.91 Å². The minimum atomic E-state index is -0.0665. The lowest BCUT2D eigenvalue weighted by Gasteiger charge is -2.36. The number of guanidine groups is 1. The quantitative estimate of drug-likeness (QED) is 0.361. The summed E-state index contributed by atoms with van der Waals surface area (Å²) in [6.45, 7) is 7.54. The first-order valence-corrected chi connectivity index (χ1v) is 9.90. The molecule has 0 bridgehead atoms. The zero-order chi connectivity index (χ0) is 19.9. The number of carbonyl (C=O) groups excluding carboxylic acids is 1. The topological polar surface area (TPSA) is 87.1 Å². The van der Waals surface area contributed by atoms with Gasteiger partial charge in [-0.3, -0.25) is 9.79 Å². The van der Waals surface area contributed by atoms with E-state index < -0.39 is 0 Å². The molecule has 3 heterocycles. The van der Waals surface area contributed by atoms with Crippen molar-refractivity contribution in [1.82, 2.24) is 20.3 Å². The van der Waals surface area contributed by atoms with Crippen LogP contribution in [0.5, 0.6) is 0 Å². The Bertz CT molecular complexity index is 778. The Hall–Kier alpha value is -2.04. The van der Waals surface area contributed by atoms with Crippen LogP contribution in [-0.4, -0.2) is 60.0 Å². The zero-order valence-corrected chi connectivity index (χ0v) is 19.6. The molecule has 1 aliphatic heterocycles. The Balaban J connectivity index is 0.00000300. The fourth-order valence-corrected chi connectivity index (χ4v) is 3.49. The lowest BCUT2D eigenvalue weighted by molar-refractivity contribution is 0.0657. The minimum Gasteiger partial charge on any atom is -0.459 e. The van der Waals surface area contributed by atoms with Gasteiger partial charge >= 0.3 is 0 Å². The molecule has 0 unspecified atom stereocenters. The number of nitrogens with zero attached hydrogens (tertiary/aromatic N) is 4. The molecule has 29 heavy (non-hydrogen) atoms. The second kappa shape index (κ2) is 11.2. The summed E-state index contributed by atoms with van der Waals surface area (Å²) >= 11 is 0. The minimum absolute atomic E-state index is 0. The summed E-state index contributed by atoms with van der Waals surface area (Å²) in [5.74, 6) is 2.36. The predicted molar refractivity (Wildman–Crippen MR) is 122 cm³/mol. The zero-order valence-electron chi connectivity index (χ0n) is 17.3.